The van der Waals surface area contributed by atoms with Crippen molar-refractivity contribution in [2.45, 2.75) is 36.8 Å². The van der Waals surface area contributed by atoms with Gasteiger partial charge in [-0.2, -0.15) is 0 Å². The van der Waals surface area contributed by atoms with Crippen molar-refractivity contribution in [1.29, 1.82) is 0 Å². The summed E-state index contributed by atoms with van der Waals surface area (Å²) in [5.41, 5.74) is 6.49. The van der Waals surface area contributed by atoms with Gasteiger partial charge in [0.2, 0.25) is 0 Å². The first kappa shape index (κ1) is 14.0. The van der Waals surface area contributed by atoms with E-state index in [4.69, 9.17) is 5.73 Å². The summed E-state index contributed by atoms with van der Waals surface area (Å²) in [6.07, 6.45) is 6.57. The number of rotatable bonds is 3. The number of fused-ring (bicyclic) bond motifs is 1. The molecule has 0 bridgehead atoms. The molecule has 0 saturated carbocycles. The third kappa shape index (κ3) is 2.02. The molecule has 4 nitrogen and oxygen atoms in total. The van der Waals surface area contributed by atoms with Crippen molar-refractivity contribution in [3.8, 4) is 0 Å². The summed E-state index contributed by atoms with van der Waals surface area (Å²) in [5, 5.41) is 0. The van der Waals surface area contributed by atoms with Crippen LogP contribution in [0, 0.1) is 0 Å². The van der Waals surface area contributed by atoms with Gasteiger partial charge >= 0.3 is 0 Å². The van der Waals surface area contributed by atoms with Crippen LogP contribution >= 0.6 is 0 Å². The Morgan fingerprint density at radius 1 is 1.38 bits per heavy atom. The molecule has 1 saturated heterocycles. The molecule has 1 aromatic carbocycles. The molecule has 0 spiro atoms. The van der Waals surface area contributed by atoms with Gasteiger partial charge in [0.25, 0.3) is 5.91 Å². The topological polar surface area (TPSA) is 58.7 Å². The largest absolute Gasteiger partial charge is 0.358 e. The van der Waals surface area contributed by atoms with Crippen molar-refractivity contribution in [1.82, 2.24) is 4.90 Å². The van der Waals surface area contributed by atoms with Gasteiger partial charge in [-0.05, 0) is 24.8 Å². The molecule has 0 aromatic heterocycles. The average molecular weight is 283 g/mol. The second kappa shape index (κ2) is 5.45. The van der Waals surface area contributed by atoms with Gasteiger partial charge in [0, 0.05) is 12.6 Å². The summed E-state index contributed by atoms with van der Waals surface area (Å²) >= 11 is 0. The number of piperidine rings is 1. The monoisotopic (exact) mass is 283 g/mol. The summed E-state index contributed by atoms with van der Waals surface area (Å²) in [6.45, 7) is 4.76. The van der Waals surface area contributed by atoms with Crippen LogP contribution in [-0.4, -0.2) is 35.8 Å². The van der Waals surface area contributed by atoms with Crippen LogP contribution in [-0.2, 0) is 10.2 Å². The fourth-order valence-electron chi connectivity index (χ4n) is 3.73. The van der Waals surface area contributed by atoms with Crippen LogP contribution in [0.25, 0.3) is 0 Å². The Balaban J connectivity index is 2.20. The summed E-state index contributed by atoms with van der Waals surface area (Å²) < 4.78 is 0. The number of amides is 1. The molecular weight excluding hydrogens is 262 g/mol. The van der Waals surface area contributed by atoms with Crippen LogP contribution < -0.4 is 5.73 Å². The molecule has 1 aromatic rings. The molecule has 1 amide bonds. The Bertz CT molecular complexity index is 569. The smallest absolute Gasteiger partial charge is 0.261 e. The van der Waals surface area contributed by atoms with Crippen LogP contribution in [0.3, 0.4) is 0 Å². The SMILES string of the molecule is C=CC(N)C1(c2ccccc2)C(=O)N=CN2CCCCC21. The van der Waals surface area contributed by atoms with E-state index < -0.39 is 11.5 Å². The van der Waals surface area contributed by atoms with E-state index in [0.29, 0.717) is 0 Å². The molecule has 3 atom stereocenters. The molecule has 2 aliphatic heterocycles. The highest BCUT2D eigenvalue weighted by Gasteiger charge is 2.54. The third-order valence-corrected chi connectivity index (χ3v) is 4.78. The summed E-state index contributed by atoms with van der Waals surface area (Å²) in [5.74, 6) is -0.149. The normalized spacial score (nSPS) is 29.9. The highest BCUT2D eigenvalue weighted by Crippen LogP contribution is 2.41. The van der Waals surface area contributed by atoms with Crippen molar-refractivity contribution >= 4 is 12.2 Å². The minimum Gasteiger partial charge on any atom is -0.358 e. The summed E-state index contributed by atoms with van der Waals surface area (Å²) in [7, 11) is 0. The quantitative estimate of drug-likeness (QED) is 0.861. The number of carbonyl (C=O) groups is 1. The van der Waals surface area contributed by atoms with E-state index in [1.54, 1.807) is 12.4 Å². The van der Waals surface area contributed by atoms with Crippen molar-refractivity contribution in [3.63, 3.8) is 0 Å². The Morgan fingerprint density at radius 3 is 2.86 bits per heavy atom. The molecule has 21 heavy (non-hydrogen) atoms. The molecular formula is C17H21N3O. The van der Waals surface area contributed by atoms with Gasteiger partial charge in [0.15, 0.2) is 0 Å². The summed E-state index contributed by atoms with van der Waals surface area (Å²) in [6, 6.07) is 9.43. The number of nitrogens with two attached hydrogens (primary N) is 1. The van der Waals surface area contributed by atoms with Crippen molar-refractivity contribution in [2.75, 3.05) is 6.54 Å². The van der Waals surface area contributed by atoms with Gasteiger partial charge in [0.05, 0.1) is 12.4 Å². The first-order valence-electron chi connectivity index (χ1n) is 7.49. The Morgan fingerprint density at radius 2 is 2.14 bits per heavy atom. The molecule has 2 aliphatic rings. The zero-order valence-corrected chi connectivity index (χ0v) is 12.1. The van der Waals surface area contributed by atoms with Crippen LogP contribution in [0.1, 0.15) is 24.8 Å². The number of benzene rings is 1. The number of carbonyl (C=O) groups excluding carboxylic acids is 1. The molecule has 3 unspecified atom stereocenters. The lowest BCUT2D eigenvalue weighted by molar-refractivity contribution is -0.127. The number of nitrogens with zero attached hydrogens (tertiary/aromatic N) is 2. The fraction of sp³-hybridized carbons (Fsp3) is 0.412. The highest BCUT2D eigenvalue weighted by molar-refractivity contribution is 5.97. The van der Waals surface area contributed by atoms with Gasteiger partial charge in [-0.15, -0.1) is 6.58 Å². The maximum atomic E-state index is 12.8. The van der Waals surface area contributed by atoms with Gasteiger partial charge < -0.3 is 10.6 Å². The van der Waals surface area contributed by atoms with Crippen molar-refractivity contribution in [3.05, 3.63) is 48.6 Å². The minimum absolute atomic E-state index is 0.0617. The predicted octanol–water partition coefficient (Wildman–Crippen LogP) is 1.86. The fourth-order valence-corrected chi connectivity index (χ4v) is 3.73. The maximum absolute atomic E-state index is 12.8. The lowest BCUT2D eigenvalue weighted by Crippen LogP contribution is -2.65. The Labute approximate surface area is 125 Å². The number of hydrogen-bond donors (Lipinski definition) is 1. The summed E-state index contributed by atoms with van der Waals surface area (Å²) in [4.78, 5) is 19.1. The third-order valence-electron chi connectivity index (χ3n) is 4.78. The molecule has 0 aliphatic carbocycles. The highest BCUT2D eigenvalue weighted by atomic mass is 16.2. The van der Waals surface area contributed by atoms with E-state index in [1.807, 2.05) is 30.3 Å². The molecule has 3 rings (SSSR count). The predicted molar refractivity (Wildman–Crippen MR) is 84.1 cm³/mol. The van der Waals surface area contributed by atoms with Crippen LogP contribution in [0.4, 0.5) is 0 Å². The molecule has 110 valence electrons. The molecule has 4 heteroatoms. The molecule has 2 heterocycles. The van der Waals surface area contributed by atoms with E-state index in [9.17, 15) is 4.79 Å². The first-order chi connectivity index (χ1) is 10.2. The van der Waals surface area contributed by atoms with E-state index in [1.165, 1.54) is 0 Å². The zero-order valence-electron chi connectivity index (χ0n) is 12.1. The number of aliphatic imine (C=N–C) groups is 1. The average Bonchev–Trinajstić information content (AvgIpc) is 2.55. The Kier molecular flexibility index (Phi) is 3.64. The maximum Gasteiger partial charge on any atom is 0.261 e. The second-order valence-electron chi connectivity index (χ2n) is 5.80. The van der Waals surface area contributed by atoms with Crippen LogP contribution in [0.5, 0.6) is 0 Å². The van der Waals surface area contributed by atoms with Crippen molar-refractivity contribution in [2.24, 2.45) is 10.7 Å². The van der Waals surface area contributed by atoms with Crippen LogP contribution in [0.2, 0.25) is 0 Å². The van der Waals surface area contributed by atoms with Gasteiger partial charge in [-0.3, -0.25) is 4.79 Å². The standard InChI is InChI=1S/C17H21N3O/c1-2-14(18)17(13-8-4-3-5-9-13)15-10-6-7-11-20(15)12-19-16(17)21/h2-5,8-9,12,14-15H,1,6-7,10-11,18H2. The lowest BCUT2D eigenvalue weighted by Gasteiger charge is -2.50. The second-order valence-corrected chi connectivity index (χ2v) is 5.80. The zero-order chi connectivity index (χ0) is 14.9. The lowest BCUT2D eigenvalue weighted by atomic mass is 9.65. The van der Waals surface area contributed by atoms with E-state index in [0.717, 1.165) is 31.4 Å². The van der Waals surface area contributed by atoms with Gasteiger partial charge in [0.1, 0.15) is 5.41 Å². The van der Waals surface area contributed by atoms with E-state index >= 15 is 0 Å². The molecule has 1 fully saturated rings. The van der Waals surface area contributed by atoms with E-state index in [2.05, 4.69) is 16.5 Å². The van der Waals surface area contributed by atoms with Crippen LogP contribution in [0.15, 0.2) is 48.0 Å². The van der Waals surface area contributed by atoms with E-state index in [-0.39, 0.29) is 11.9 Å². The molecule has 2 N–H and O–H groups in total. The minimum atomic E-state index is -0.821. The van der Waals surface area contributed by atoms with Gasteiger partial charge in [-0.25, -0.2) is 4.99 Å². The van der Waals surface area contributed by atoms with Crippen molar-refractivity contribution < 1.29 is 4.79 Å². The number of hydrogen-bond acceptors (Lipinski definition) is 3. The first-order valence-corrected chi connectivity index (χ1v) is 7.49. The Hall–Kier alpha value is -1.94. The van der Waals surface area contributed by atoms with Gasteiger partial charge in [-0.1, -0.05) is 36.4 Å². The molecule has 0 radical (unpaired) electrons.